The monoisotopic (exact) mass is 217 g/mol. The third kappa shape index (κ3) is 2.53. The van der Waals surface area contributed by atoms with E-state index < -0.39 is 0 Å². The van der Waals surface area contributed by atoms with E-state index in [0.717, 1.165) is 17.9 Å². The Balaban J connectivity index is 1.87. The molecule has 2 aromatic rings. The Kier molecular flexibility index (Phi) is 3.10. The van der Waals surface area contributed by atoms with E-state index in [1.54, 1.807) is 0 Å². The van der Waals surface area contributed by atoms with Crippen molar-refractivity contribution >= 4 is 5.69 Å². The smallest absolute Gasteiger partial charge is 0.142 e. The summed E-state index contributed by atoms with van der Waals surface area (Å²) in [5.74, 6) is 0.728. The first-order valence-corrected chi connectivity index (χ1v) is 5.22. The summed E-state index contributed by atoms with van der Waals surface area (Å²) in [5, 5.41) is 4.17. The van der Waals surface area contributed by atoms with Crippen molar-refractivity contribution < 1.29 is 4.74 Å². The third-order valence-corrected chi connectivity index (χ3v) is 2.26. The van der Waals surface area contributed by atoms with Crippen LogP contribution in [0, 0.1) is 6.92 Å². The second kappa shape index (κ2) is 4.70. The molecule has 4 nitrogen and oxygen atoms in total. The highest BCUT2D eigenvalue weighted by molar-refractivity contribution is 5.51. The van der Waals surface area contributed by atoms with Crippen molar-refractivity contribution in [1.82, 2.24) is 9.78 Å². The Morgan fingerprint density at radius 1 is 1.38 bits per heavy atom. The van der Waals surface area contributed by atoms with Crippen LogP contribution in [0.3, 0.4) is 0 Å². The van der Waals surface area contributed by atoms with Gasteiger partial charge in [0.1, 0.15) is 12.4 Å². The average molecular weight is 217 g/mol. The third-order valence-electron chi connectivity index (χ3n) is 2.26. The van der Waals surface area contributed by atoms with Crippen molar-refractivity contribution in [3.05, 3.63) is 42.2 Å². The molecular formula is C12H15N3O. The molecule has 0 unspecified atom stereocenters. The highest BCUT2D eigenvalue weighted by Gasteiger charge is 1.99. The second-order valence-electron chi connectivity index (χ2n) is 3.67. The van der Waals surface area contributed by atoms with Gasteiger partial charge in [-0.15, -0.1) is 0 Å². The van der Waals surface area contributed by atoms with Crippen LogP contribution >= 0.6 is 0 Å². The lowest BCUT2D eigenvalue weighted by molar-refractivity contribution is 0.293. The Hall–Kier alpha value is -1.97. The van der Waals surface area contributed by atoms with Crippen molar-refractivity contribution in [2.75, 3.05) is 12.3 Å². The maximum absolute atomic E-state index is 5.76. The Labute approximate surface area is 94.6 Å². The Bertz CT molecular complexity index is 465. The quantitative estimate of drug-likeness (QED) is 0.795. The van der Waals surface area contributed by atoms with E-state index in [1.807, 2.05) is 48.3 Å². The van der Waals surface area contributed by atoms with E-state index in [0.29, 0.717) is 12.3 Å². The van der Waals surface area contributed by atoms with Crippen molar-refractivity contribution in [2.24, 2.45) is 0 Å². The molecule has 0 atom stereocenters. The molecule has 16 heavy (non-hydrogen) atoms. The van der Waals surface area contributed by atoms with Gasteiger partial charge in [0.15, 0.2) is 0 Å². The molecule has 0 amide bonds. The molecule has 84 valence electrons. The molecule has 0 bridgehead atoms. The molecule has 1 aromatic heterocycles. The fraction of sp³-hybridized carbons (Fsp3) is 0.250. The van der Waals surface area contributed by atoms with Gasteiger partial charge in [-0.25, -0.2) is 0 Å². The summed E-state index contributed by atoms with van der Waals surface area (Å²) in [5.41, 5.74) is 7.57. The van der Waals surface area contributed by atoms with Crippen LogP contribution < -0.4 is 10.5 Å². The number of nitrogens with zero attached hydrogens (tertiary/aromatic N) is 2. The van der Waals surface area contributed by atoms with Gasteiger partial charge in [-0.2, -0.15) is 5.10 Å². The summed E-state index contributed by atoms with van der Waals surface area (Å²) in [6.07, 6.45) is 3.81. The molecule has 1 heterocycles. The van der Waals surface area contributed by atoms with Gasteiger partial charge in [0.2, 0.25) is 0 Å². The maximum atomic E-state index is 5.76. The number of aromatic nitrogens is 2. The van der Waals surface area contributed by atoms with Gasteiger partial charge in [0.25, 0.3) is 0 Å². The summed E-state index contributed by atoms with van der Waals surface area (Å²) in [6, 6.07) is 7.49. The second-order valence-corrected chi connectivity index (χ2v) is 3.67. The minimum atomic E-state index is 0.565. The molecule has 0 saturated carbocycles. The summed E-state index contributed by atoms with van der Waals surface area (Å²) >= 11 is 0. The van der Waals surface area contributed by atoms with Gasteiger partial charge in [0.05, 0.1) is 18.4 Å². The van der Waals surface area contributed by atoms with E-state index in [2.05, 4.69) is 5.10 Å². The molecule has 0 fully saturated rings. The van der Waals surface area contributed by atoms with Crippen LogP contribution in [0.2, 0.25) is 0 Å². The van der Waals surface area contributed by atoms with Gasteiger partial charge in [-0.3, -0.25) is 4.68 Å². The first-order chi connectivity index (χ1) is 7.75. The molecule has 0 aliphatic carbocycles. The van der Waals surface area contributed by atoms with Crippen LogP contribution in [0.25, 0.3) is 0 Å². The van der Waals surface area contributed by atoms with E-state index >= 15 is 0 Å². The van der Waals surface area contributed by atoms with Crippen LogP contribution in [0.15, 0.2) is 36.7 Å². The summed E-state index contributed by atoms with van der Waals surface area (Å²) in [7, 11) is 0. The van der Waals surface area contributed by atoms with E-state index in [-0.39, 0.29) is 0 Å². The fourth-order valence-electron chi connectivity index (χ4n) is 1.45. The van der Waals surface area contributed by atoms with Gasteiger partial charge < -0.3 is 10.5 Å². The molecule has 2 N–H and O–H groups in total. The average Bonchev–Trinajstić information content (AvgIpc) is 2.67. The highest BCUT2D eigenvalue weighted by atomic mass is 16.5. The van der Waals surface area contributed by atoms with Crippen molar-refractivity contribution in [2.45, 2.75) is 13.5 Å². The van der Waals surface area contributed by atoms with E-state index in [1.165, 1.54) is 0 Å². The van der Waals surface area contributed by atoms with Crippen molar-refractivity contribution in [1.29, 1.82) is 0 Å². The number of anilines is 1. The minimum Gasteiger partial charge on any atom is -0.490 e. The zero-order valence-corrected chi connectivity index (χ0v) is 9.26. The molecule has 1 aromatic carbocycles. The lowest BCUT2D eigenvalue weighted by Crippen LogP contribution is -2.09. The number of nitrogens with two attached hydrogens (primary N) is 1. The predicted molar refractivity (Wildman–Crippen MR) is 63.3 cm³/mol. The maximum Gasteiger partial charge on any atom is 0.142 e. The lowest BCUT2D eigenvalue weighted by atomic mass is 10.3. The molecule has 2 rings (SSSR count). The largest absolute Gasteiger partial charge is 0.490 e. The molecule has 0 spiro atoms. The number of benzene rings is 1. The zero-order chi connectivity index (χ0) is 11.4. The SMILES string of the molecule is Cc1cnn(CCOc2ccccc2N)c1. The molecule has 0 radical (unpaired) electrons. The number of aryl methyl sites for hydroxylation is 1. The van der Waals surface area contributed by atoms with Crippen molar-refractivity contribution in [3.8, 4) is 5.75 Å². The predicted octanol–water partition coefficient (Wildman–Crippen LogP) is 1.85. The number of nitrogen functional groups attached to an aromatic ring is 1. The number of rotatable bonds is 4. The normalized spacial score (nSPS) is 10.3. The minimum absolute atomic E-state index is 0.565. The van der Waals surface area contributed by atoms with E-state index in [4.69, 9.17) is 10.5 Å². The van der Waals surface area contributed by atoms with Crippen LogP contribution in [0.4, 0.5) is 5.69 Å². The summed E-state index contributed by atoms with van der Waals surface area (Å²) < 4.78 is 7.42. The number of ether oxygens (including phenoxy) is 1. The number of hydrogen-bond acceptors (Lipinski definition) is 3. The molecule has 0 aliphatic heterocycles. The standard InChI is InChI=1S/C12H15N3O/c1-10-8-14-15(9-10)6-7-16-12-5-3-2-4-11(12)13/h2-5,8-9H,6-7,13H2,1H3. The number of para-hydroxylation sites is 2. The molecular weight excluding hydrogens is 202 g/mol. The first-order valence-electron chi connectivity index (χ1n) is 5.22. The Morgan fingerprint density at radius 3 is 2.88 bits per heavy atom. The Morgan fingerprint density at radius 2 is 2.19 bits per heavy atom. The van der Waals surface area contributed by atoms with Crippen LogP contribution in [0.1, 0.15) is 5.56 Å². The highest BCUT2D eigenvalue weighted by Crippen LogP contribution is 2.19. The van der Waals surface area contributed by atoms with Gasteiger partial charge >= 0.3 is 0 Å². The van der Waals surface area contributed by atoms with Gasteiger partial charge in [-0.05, 0) is 24.6 Å². The van der Waals surface area contributed by atoms with Crippen LogP contribution in [-0.4, -0.2) is 16.4 Å². The van der Waals surface area contributed by atoms with Crippen LogP contribution in [-0.2, 0) is 6.54 Å². The molecule has 0 saturated heterocycles. The molecule has 4 heteroatoms. The lowest BCUT2D eigenvalue weighted by Gasteiger charge is -2.08. The fourth-order valence-corrected chi connectivity index (χ4v) is 1.45. The van der Waals surface area contributed by atoms with Crippen molar-refractivity contribution in [3.63, 3.8) is 0 Å². The zero-order valence-electron chi connectivity index (χ0n) is 9.26. The number of hydrogen-bond donors (Lipinski definition) is 1. The summed E-state index contributed by atoms with van der Waals surface area (Å²) in [4.78, 5) is 0. The summed E-state index contributed by atoms with van der Waals surface area (Å²) in [6.45, 7) is 3.30. The molecule has 0 aliphatic rings. The van der Waals surface area contributed by atoms with Crippen LogP contribution in [0.5, 0.6) is 5.75 Å². The first kappa shape index (κ1) is 10.5. The van der Waals surface area contributed by atoms with Gasteiger partial charge in [0, 0.05) is 6.20 Å². The van der Waals surface area contributed by atoms with E-state index in [9.17, 15) is 0 Å². The van der Waals surface area contributed by atoms with Gasteiger partial charge in [-0.1, -0.05) is 12.1 Å². The topological polar surface area (TPSA) is 53.1 Å².